The van der Waals surface area contributed by atoms with Crippen LogP contribution in [0.3, 0.4) is 0 Å². The maximum atomic E-state index is 11.0. The Morgan fingerprint density at radius 2 is 2.14 bits per heavy atom. The monoisotopic (exact) mass is 194 g/mol. The first-order valence-corrected chi connectivity index (χ1v) is 4.30. The van der Waals surface area contributed by atoms with Gasteiger partial charge in [0.05, 0.1) is 12.8 Å². The molecule has 0 aliphatic carbocycles. The number of para-hydroxylation sites is 1. The molecule has 0 radical (unpaired) electrons. The zero-order valence-electron chi connectivity index (χ0n) is 8.36. The average molecular weight is 194 g/mol. The van der Waals surface area contributed by atoms with Gasteiger partial charge in [-0.15, -0.1) is 0 Å². The predicted molar refractivity (Wildman–Crippen MR) is 54.7 cm³/mol. The minimum Gasteiger partial charge on any atom is -0.468 e. The molecule has 0 aromatic heterocycles. The molecule has 1 aromatic rings. The minimum absolute atomic E-state index is 0.0569. The lowest BCUT2D eigenvalue weighted by Crippen LogP contribution is -2.37. The summed E-state index contributed by atoms with van der Waals surface area (Å²) in [5, 5.41) is 1.38. The number of rotatable bonds is 3. The number of aryl methyl sites for hydroxylation is 1. The van der Waals surface area contributed by atoms with E-state index in [0.29, 0.717) is 0 Å². The zero-order valence-corrected chi connectivity index (χ0v) is 8.36. The molecule has 0 unspecified atom stereocenters. The Morgan fingerprint density at radius 1 is 1.50 bits per heavy atom. The number of hydrogen-bond donors (Lipinski definition) is 1. The van der Waals surface area contributed by atoms with Gasteiger partial charge in [0.25, 0.3) is 0 Å². The molecule has 0 saturated heterocycles. The number of ether oxygens (including phenoxy) is 1. The second kappa shape index (κ2) is 4.62. The van der Waals surface area contributed by atoms with Crippen LogP contribution in [0.1, 0.15) is 5.56 Å². The molecule has 0 heterocycles. The number of benzene rings is 1. The van der Waals surface area contributed by atoms with Crippen molar-refractivity contribution in [3.05, 3.63) is 29.8 Å². The molecule has 4 heteroatoms. The van der Waals surface area contributed by atoms with Crippen molar-refractivity contribution in [2.45, 2.75) is 6.92 Å². The predicted octanol–water partition coefficient (Wildman–Crippen LogP) is 0.848. The molecule has 0 spiro atoms. The van der Waals surface area contributed by atoms with Crippen molar-refractivity contribution in [3.63, 3.8) is 0 Å². The summed E-state index contributed by atoms with van der Waals surface area (Å²) in [7, 11) is 1.34. The molecule has 0 amide bonds. The lowest BCUT2D eigenvalue weighted by molar-refractivity contribution is -0.138. The van der Waals surface area contributed by atoms with Gasteiger partial charge in [0.2, 0.25) is 0 Å². The Kier molecular flexibility index (Phi) is 3.48. The molecule has 14 heavy (non-hydrogen) atoms. The van der Waals surface area contributed by atoms with Crippen molar-refractivity contribution in [1.82, 2.24) is 0 Å². The molecular weight excluding hydrogens is 180 g/mol. The van der Waals surface area contributed by atoms with E-state index in [1.54, 1.807) is 0 Å². The number of esters is 1. The summed E-state index contributed by atoms with van der Waals surface area (Å²) in [6.07, 6.45) is 0. The van der Waals surface area contributed by atoms with Crippen molar-refractivity contribution in [3.8, 4) is 0 Å². The summed E-state index contributed by atoms with van der Waals surface area (Å²) >= 11 is 0. The molecule has 76 valence electrons. The molecule has 1 aromatic carbocycles. The quantitative estimate of drug-likeness (QED) is 0.440. The summed E-state index contributed by atoms with van der Waals surface area (Å²) in [4.78, 5) is 11.0. The van der Waals surface area contributed by atoms with Crippen LogP contribution in [0.15, 0.2) is 24.3 Å². The highest BCUT2D eigenvalue weighted by Crippen LogP contribution is 2.15. The summed E-state index contributed by atoms with van der Waals surface area (Å²) in [5.74, 6) is 5.35. The SMILES string of the molecule is COC(=O)CN(N)c1ccccc1C. The van der Waals surface area contributed by atoms with E-state index in [9.17, 15) is 4.79 Å². The first kappa shape index (κ1) is 10.5. The molecule has 0 bridgehead atoms. The van der Waals surface area contributed by atoms with Crippen LogP contribution in [0.4, 0.5) is 5.69 Å². The van der Waals surface area contributed by atoms with Crippen LogP contribution in [0.25, 0.3) is 0 Å². The molecule has 0 aliphatic heterocycles. The fourth-order valence-corrected chi connectivity index (χ4v) is 1.17. The maximum absolute atomic E-state index is 11.0. The fourth-order valence-electron chi connectivity index (χ4n) is 1.17. The Balaban J connectivity index is 2.74. The van der Waals surface area contributed by atoms with Crippen LogP contribution in [0.2, 0.25) is 0 Å². The van der Waals surface area contributed by atoms with Gasteiger partial charge in [-0.3, -0.25) is 9.80 Å². The Morgan fingerprint density at radius 3 is 2.71 bits per heavy atom. The van der Waals surface area contributed by atoms with Crippen molar-refractivity contribution in [2.75, 3.05) is 18.7 Å². The molecule has 0 fully saturated rings. The van der Waals surface area contributed by atoms with Gasteiger partial charge in [0.1, 0.15) is 6.54 Å². The minimum atomic E-state index is -0.351. The van der Waals surface area contributed by atoms with Gasteiger partial charge in [0.15, 0.2) is 0 Å². The van der Waals surface area contributed by atoms with Gasteiger partial charge < -0.3 is 4.74 Å². The van der Waals surface area contributed by atoms with Crippen LogP contribution in [0.5, 0.6) is 0 Å². The second-order valence-corrected chi connectivity index (χ2v) is 2.99. The smallest absolute Gasteiger partial charge is 0.326 e. The molecule has 1 rings (SSSR count). The van der Waals surface area contributed by atoms with Crippen molar-refractivity contribution in [2.24, 2.45) is 5.84 Å². The number of nitrogens with zero attached hydrogens (tertiary/aromatic N) is 1. The number of hydrazine groups is 1. The number of methoxy groups -OCH3 is 1. The zero-order chi connectivity index (χ0) is 10.6. The van der Waals surface area contributed by atoms with Gasteiger partial charge in [-0.25, -0.2) is 5.84 Å². The van der Waals surface area contributed by atoms with E-state index in [2.05, 4.69) is 4.74 Å². The van der Waals surface area contributed by atoms with E-state index < -0.39 is 0 Å². The van der Waals surface area contributed by atoms with Crippen molar-refractivity contribution < 1.29 is 9.53 Å². The van der Waals surface area contributed by atoms with E-state index in [1.165, 1.54) is 12.1 Å². The Hall–Kier alpha value is -1.55. The van der Waals surface area contributed by atoms with Crippen molar-refractivity contribution >= 4 is 11.7 Å². The Bertz CT molecular complexity index is 326. The molecule has 0 atom stereocenters. The molecule has 2 N–H and O–H groups in total. The van der Waals surface area contributed by atoms with Gasteiger partial charge in [0, 0.05) is 0 Å². The number of anilines is 1. The summed E-state index contributed by atoms with van der Waals surface area (Å²) in [5.41, 5.74) is 1.86. The largest absolute Gasteiger partial charge is 0.468 e. The summed E-state index contributed by atoms with van der Waals surface area (Å²) < 4.78 is 4.52. The van der Waals surface area contributed by atoms with E-state index >= 15 is 0 Å². The molecule has 4 nitrogen and oxygen atoms in total. The van der Waals surface area contributed by atoms with Crippen LogP contribution in [-0.2, 0) is 9.53 Å². The van der Waals surface area contributed by atoms with Crippen LogP contribution in [0, 0.1) is 6.92 Å². The van der Waals surface area contributed by atoms with E-state index in [0.717, 1.165) is 11.3 Å². The fraction of sp³-hybridized carbons (Fsp3) is 0.300. The highest BCUT2D eigenvalue weighted by atomic mass is 16.5. The Labute approximate surface area is 83.2 Å². The molecule has 0 aliphatic rings. The normalized spacial score (nSPS) is 9.64. The molecule has 0 saturated carbocycles. The third-order valence-electron chi connectivity index (χ3n) is 1.95. The van der Waals surface area contributed by atoms with Gasteiger partial charge >= 0.3 is 5.97 Å². The number of carbonyl (C=O) groups is 1. The lowest BCUT2D eigenvalue weighted by Gasteiger charge is -2.18. The highest BCUT2D eigenvalue weighted by Gasteiger charge is 2.09. The van der Waals surface area contributed by atoms with Gasteiger partial charge in [-0.1, -0.05) is 18.2 Å². The molecular formula is C10H14N2O2. The third-order valence-corrected chi connectivity index (χ3v) is 1.95. The first-order chi connectivity index (χ1) is 6.65. The number of nitrogens with two attached hydrogens (primary N) is 1. The third kappa shape index (κ3) is 2.47. The highest BCUT2D eigenvalue weighted by molar-refractivity contribution is 5.75. The van der Waals surface area contributed by atoms with Crippen molar-refractivity contribution in [1.29, 1.82) is 0 Å². The number of hydrogen-bond acceptors (Lipinski definition) is 4. The van der Waals surface area contributed by atoms with Crippen LogP contribution >= 0.6 is 0 Å². The van der Waals surface area contributed by atoms with E-state index in [-0.39, 0.29) is 12.5 Å². The van der Waals surface area contributed by atoms with Crippen LogP contribution in [-0.4, -0.2) is 19.6 Å². The maximum Gasteiger partial charge on any atom is 0.326 e. The summed E-state index contributed by atoms with van der Waals surface area (Å²) in [6.45, 7) is 1.99. The number of carbonyl (C=O) groups excluding carboxylic acids is 1. The average Bonchev–Trinajstić information content (AvgIpc) is 2.18. The van der Waals surface area contributed by atoms with Crippen LogP contribution < -0.4 is 10.9 Å². The van der Waals surface area contributed by atoms with Gasteiger partial charge in [-0.05, 0) is 18.6 Å². The topological polar surface area (TPSA) is 55.6 Å². The second-order valence-electron chi connectivity index (χ2n) is 2.99. The van der Waals surface area contributed by atoms with Gasteiger partial charge in [-0.2, -0.15) is 0 Å². The van der Waals surface area contributed by atoms with E-state index in [4.69, 9.17) is 5.84 Å². The lowest BCUT2D eigenvalue weighted by atomic mass is 10.2. The standard InChI is InChI=1S/C10H14N2O2/c1-8-5-3-4-6-9(8)12(11)7-10(13)14-2/h3-6H,7,11H2,1-2H3. The first-order valence-electron chi connectivity index (χ1n) is 4.30. The van der Waals surface area contributed by atoms with E-state index in [1.807, 2.05) is 31.2 Å². The summed E-state index contributed by atoms with van der Waals surface area (Å²) in [6, 6.07) is 7.59.